The Morgan fingerprint density at radius 2 is 1.67 bits per heavy atom. The molecule has 2 aromatic carbocycles. The average molecular weight is 373 g/mol. The summed E-state index contributed by atoms with van der Waals surface area (Å²) >= 11 is 12.0. The highest BCUT2D eigenvalue weighted by Gasteiger charge is 2.24. The predicted molar refractivity (Wildman–Crippen MR) is 84.0 cm³/mol. The molecule has 0 aliphatic heterocycles. The minimum absolute atomic E-state index is 0.0238. The first-order valence-corrected chi connectivity index (χ1v) is 7.45. The van der Waals surface area contributed by atoms with Gasteiger partial charge in [-0.15, -0.1) is 0 Å². The van der Waals surface area contributed by atoms with Crippen LogP contribution in [0.1, 0.15) is 17.4 Å². The molecule has 0 saturated carbocycles. The highest BCUT2D eigenvalue weighted by molar-refractivity contribution is 6.32. The van der Waals surface area contributed by atoms with Gasteiger partial charge in [-0.3, -0.25) is 4.57 Å². The van der Waals surface area contributed by atoms with E-state index in [4.69, 9.17) is 23.2 Å². The van der Waals surface area contributed by atoms with Crippen molar-refractivity contribution in [1.29, 1.82) is 0 Å². The second-order valence-electron chi connectivity index (χ2n) is 4.95. The Morgan fingerprint density at radius 3 is 2.33 bits per heavy atom. The minimum atomic E-state index is -1.53. The molecule has 1 unspecified atom stereocenters. The fourth-order valence-electron chi connectivity index (χ4n) is 2.32. The quantitative estimate of drug-likeness (QED) is 0.724. The van der Waals surface area contributed by atoms with Crippen molar-refractivity contribution in [1.82, 2.24) is 9.55 Å². The van der Waals surface area contributed by atoms with E-state index < -0.39 is 23.6 Å². The molecule has 1 N–H and O–H groups in total. The lowest BCUT2D eigenvalue weighted by Crippen LogP contribution is -2.10. The maximum atomic E-state index is 13.9. The monoisotopic (exact) mass is 372 g/mol. The summed E-state index contributed by atoms with van der Waals surface area (Å²) in [5, 5.41) is 10.5. The second kappa shape index (κ2) is 6.47. The zero-order valence-electron chi connectivity index (χ0n) is 11.9. The largest absolute Gasteiger partial charge is 0.382 e. The molecule has 3 rings (SSSR count). The van der Waals surface area contributed by atoms with Crippen LogP contribution >= 0.6 is 23.2 Å². The van der Waals surface area contributed by atoms with Crippen molar-refractivity contribution in [2.24, 2.45) is 0 Å². The summed E-state index contributed by atoms with van der Waals surface area (Å²) in [5.74, 6) is -2.25. The highest BCUT2D eigenvalue weighted by Crippen LogP contribution is 2.33. The van der Waals surface area contributed by atoms with Crippen molar-refractivity contribution in [3.63, 3.8) is 0 Å². The van der Waals surface area contributed by atoms with Crippen LogP contribution in [-0.2, 0) is 0 Å². The summed E-state index contributed by atoms with van der Waals surface area (Å²) in [5.41, 5.74) is 0.142. The van der Waals surface area contributed by atoms with E-state index in [1.165, 1.54) is 23.0 Å². The van der Waals surface area contributed by atoms with Crippen LogP contribution in [0.4, 0.5) is 13.2 Å². The Morgan fingerprint density at radius 1 is 1.00 bits per heavy atom. The van der Waals surface area contributed by atoms with Gasteiger partial charge in [-0.05, 0) is 24.3 Å². The third-order valence-corrected chi connectivity index (χ3v) is 4.04. The van der Waals surface area contributed by atoms with Crippen molar-refractivity contribution in [3.8, 4) is 5.69 Å². The fourth-order valence-corrected chi connectivity index (χ4v) is 2.82. The molecule has 124 valence electrons. The topological polar surface area (TPSA) is 38.1 Å². The van der Waals surface area contributed by atoms with Crippen molar-refractivity contribution in [3.05, 3.63) is 81.6 Å². The Hall–Kier alpha value is -2.02. The minimum Gasteiger partial charge on any atom is -0.382 e. The van der Waals surface area contributed by atoms with Gasteiger partial charge >= 0.3 is 0 Å². The zero-order chi connectivity index (χ0) is 17.4. The van der Waals surface area contributed by atoms with Gasteiger partial charge in [-0.2, -0.15) is 0 Å². The Balaban J connectivity index is 2.13. The number of halogens is 5. The summed E-state index contributed by atoms with van der Waals surface area (Å²) < 4.78 is 41.5. The lowest BCUT2D eigenvalue weighted by Gasteiger charge is -2.16. The van der Waals surface area contributed by atoms with E-state index in [1.807, 2.05) is 0 Å². The SMILES string of the molecule is OC(c1ccc(F)cc1F)c1c(Cl)ncn1-c1ccc(F)cc1Cl. The molecule has 1 aromatic heterocycles. The van der Waals surface area contributed by atoms with E-state index in [0.717, 1.165) is 18.2 Å². The number of aromatic nitrogens is 2. The molecule has 3 nitrogen and oxygen atoms in total. The van der Waals surface area contributed by atoms with Gasteiger partial charge in [0.25, 0.3) is 0 Å². The summed E-state index contributed by atoms with van der Waals surface area (Å²) in [4.78, 5) is 3.87. The third kappa shape index (κ3) is 3.00. The summed E-state index contributed by atoms with van der Waals surface area (Å²) in [7, 11) is 0. The molecule has 0 fully saturated rings. The van der Waals surface area contributed by atoms with Crippen LogP contribution in [0, 0.1) is 17.5 Å². The molecule has 8 heteroatoms. The van der Waals surface area contributed by atoms with E-state index >= 15 is 0 Å². The van der Waals surface area contributed by atoms with Crippen LogP contribution in [0.2, 0.25) is 10.2 Å². The molecule has 0 aliphatic rings. The molecule has 0 saturated heterocycles. The maximum Gasteiger partial charge on any atom is 0.153 e. The van der Waals surface area contributed by atoms with Gasteiger partial charge in [0, 0.05) is 11.6 Å². The van der Waals surface area contributed by atoms with Crippen molar-refractivity contribution < 1.29 is 18.3 Å². The van der Waals surface area contributed by atoms with Crippen LogP contribution in [0.5, 0.6) is 0 Å². The normalized spacial score (nSPS) is 12.4. The summed E-state index contributed by atoms with van der Waals surface area (Å²) in [6.45, 7) is 0. The van der Waals surface area contributed by atoms with Gasteiger partial charge in [0.05, 0.1) is 16.4 Å². The number of imidazole rings is 1. The lowest BCUT2D eigenvalue weighted by atomic mass is 10.1. The molecule has 0 radical (unpaired) electrons. The zero-order valence-corrected chi connectivity index (χ0v) is 13.4. The summed E-state index contributed by atoms with van der Waals surface area (Å²) in [6.07, 6.45) is -0.261. The van der Waals surface area contributed by atoms with Gasteiger partial charge in [0.2, 0.25) is 0 Å². The highest BCUT2D eigenvalue weighted by atomic mass is 35.5. The third-order valence-electron chi connectivity index (χ3n) is 3.44. The van der Waals surface area contributed by atoms with Crippen molar-refractivity contribution >= 4 is 23.2 Å². The standard InChI is InChI=1S/C16H9Cl2F3N2O/c17-11-5-8(19)2-4-13(11)23-7-22-16(18)14(23)15(24)10-3-1-9(20)6-12(10)21/h1-7,15,24H. The number of hydrogen-bond acceptors (Lipinski definition) is 2. The van der Waals surface area contributed by atoms with Gasteiger partial charge in [0.1, 0.15) is 29.9 Å². The van der Waals surface area contributed by atoms with E-state index in [1.54, 1.807) is 0 Å². The van der Waals surface area contributed by atoms with Gasteiger partial charge in [0.15, 0.2) is 5.15 Å². The Kier molecular flexibility index (Phi) is 4.54. The number of rotatable bonds is 3. The van der Waals surface area contributed by atoms with Crippen LogP contribution in [0.3, 0.4) is 0 Å². The number of hydrogen-bond donors (Lipinski definition) is 1. The first-order chi connectivity index (χ1) is 11.4. The van der Waals surface area contributed by atoms with Gasteiger partial charge in [-0.25, -0.2) is 18.2 Å². The average Bonchev–Trinajstić information content (AvgIpc) is 2.88. The Bertz CT molecular complexity index is 914. The molecule has 0 amide bonds. The second-order valence-corrected chi connectivity index (χ2v) is 5.72. The first kappa shape index (κ1) is 16.8. The van der Waals surface area contributed by atoms with Gasteiger partial charge in [-0.1, -0.05) is 29.3 Å². The molecule has 24 heavy (non-hydrogen) atoms. The summed E-state index contributed by atoms with van der Waals surface area (Å²) in [6, 6.07) is 6.39. The van der Waals surface area contributed by atoms with Crippen LogP contribution in [0.25, 0.3) is 5.69 Å². The molecular formula is C16H9Cl2F3N2O. The molecular weight excluding hydrogens is 364 g/mol. The molecule has 0 spiro atoms. The predicted octanol–water partition coefficient (Wildman–Crippen LogP) is 4.68. The smallest absolute Gasteiger partial charge is 0.153 e. The lowest BCUT2D eigenvalue weighted by molar-refractivity contribution is 0.208. The maximum absolute atomic E-state index is 13.9. The van der Waals surface area contributed by atoms with E-state index in [-0.39, 0.29) is 21.4 Å². The van der Waals surface area contributed by atoms with Crippen molar-refractivity contribution in [2.75, 3.05) is 0 Å². The van der Waals surface area contributed by atoms with Gasteiger partial charge < -0.3 is 5.11 Å². The van der Waals surface area contributed by atoms with Crippen molar-refractivity contribution in [2.45, 2.75) is 6.10 Å². The van der Waals surface area contributed by atoms with E-state index in [2.05, 4.69) is 4.98 Å². The fraction of sp³-hybridized carbons (Fsp3) is 0.0625. The first-order valence-electron chi connectivity index (χ1n) is 6.69. The number of aliphatic hydroxyl groups is 1. The molecule has 3 aromatic rings. The molecule has 0 aliphatic carbocycles. The number of nitrogens with zero attached hydrogens (tertiary/aromatic N) is 2. The molecule has 0 bridgehead atoms. The molecule has 1 heterocycles. The van der Waals surface area contributed by atoms with E-state index in [0.29, 0.717) is 11.8 Å². The van der Waals surface area contributed by atoms with Crippen LogP contribution in [-0.4, -0.2) is 14.7 Å². The van der Waals surface area contributed by atoms with Crippen LogP contribution in [0.15, 0.2) is 42.7 Å². The number of benzene rings is 2. The van der Waals surface area contributed by atoms with Crippen LogP contribution < -0.4 is 0 Å². The number of aliphatic hydroxyl groups excluding tert-OH is 1. The molecule has 1 atom stereocenters. The van der Waals surface area contributed by atoms with E-state index in [9.17, 15) is 18.3 Å². The Labute approximate surface area is 144 Å².